The van der Waals surface area contributed by atoms with E-state index in [1.165, 1.54) is 0 Å². The highest BCUT2D eigenvalue weighted by Crippen LogP contribution is 2.22. The number of rotatable bonds is 11. The van der Waals surface area contributed by atoms with Gasteiger partial charge in [0.15, 0.2) is 11.6 Å². The van der Waals surface area contributed by atoms with Crippen molar-refractivity contribution in [1.29, 1.82) is 0 Å². The number of nitrogens with one attached hydrogen (secondary N) is 2. The Kier molecular flexibility index (Phi) is 8.96. The van der Waals surface area contributed by atoms with Crippen LogP contribution in [0.2, 0.25) is 0 Å². The van der Waals surface area contributed by atoms with E-state index in [4.69, 9.17) is 10.5 Å². The Hall–Kier alpha value is -4.79. The lowest BCUT2D eigenvalue weighted by Crippen LogP contribution is -2.26. The maximum absolute atomic E-state index is 13.0. The summed E-state index contributed by atoms with van der Waals surface area (Å²) in [5.74, 6) is -0.139. The summed E-state index contributed by atoms with van der Waals surface area (Å²) in [6.07, 6.45) is 5.19. The fraction of sp³-hybridized carbons (Fsp3) is 0.207. The number of Topliss-reactive ketones (excluding diaryl/α,β-unsaturated/α-hetero) is 1. The Bertz CT molecular complexity index is 1380. The van der Waals surface area contributed by atoms with Crippen LogP contribution in [0, 0.1) is 0 Å². The molecule has 0 saturated carbocycles. The summed E-state index contributed by atoms with van der Waals surface area (Å²) in [5, 5.41) is 6.00. The van der Waals surface area contributed by atoms with Crippen LogP contribution in [0.25, 0.3) is 11.3 Å². The summed E-state index contributed by atoms with van der Waals surface area (Å²) in [5.41, 5.74) is 11.1. The molecule has 4 rings (SSSR count). The average molecular weight is 511 g/mol. The van der Waals surface area contributed by atoms with E-state index in [-0.39, 0.29) is 30.3 Å². The van der Waals surface area contributed by atoms with Gasteiger partial charge >= 0.3 is 6.09 Å². The first-order chi connectivity index (χ1) is 18.5. The number of aromatic nitrogens is 3. The van der Waals surface area contributed by atoms with Gasteiger partial charge in [0.05, 0.1) is 11.9 Å². The van der Waals surface area contributed by atoms with E-state index >= 15 is 0 Å². The number of ketones is 1. The highest BCUT2D eigenvalue weighted by molar-refractivity contribution is 6.00. The fourth-order valence-corrected chi connectivity index (χ4v) is 3.86. The third-order valence-electron chi connectivity index (χ3n) is 5.83. The number of benzene rings is 2. The first kappa shape index (κ1) is 26.3. The first-order valence-electron chi connectivity index (χ1n) is 12.4. The monoisotopic (exact) mass is 510 g/mol. The molecule has 0 unspecified atom stereocenters. The molecule has 2 aromatic carbocycles. The topological polar surface area (TPSA) is 132 Å². The molecule has 2 heterocycles. The van der Waals surface area contributed by atoms with Gasteiger partial charge in [0.25, 0.3) is 0 Å². The van der Waals surface area contributed by atoms with E-state index < -0.39 is 6.09 Å². The third-order valence-corrected chi connectivity index (χ3v) is 5.83. The number of ether oxygens (including phenoxy) is 1. The van der Waals surface area contributed by atoms with Gasteiger partial charge in [-0.15, -0.1) is 0 Å². The van der Waals surface area contributed by atoms with Crippen molar-refractivity contribution in [1.82, 2.24) is 20.3 Å². The SMILES string of the molecule is CCNc1ccncc1CC(=O)c1nc(-c2ccc(CCNC(=O)OCc3ccccc3)cc2)cnc1N. The quantitative estimate of drug-likeness (QED) is 0.252. The average Bonchev–Trinajstić information content (AvgIpc) is 2.94. The number of amides is 1. The lowest BCUT2D eigenvalue weighted by Gasteiger charge is -2.11. The van der Waals surface area contributed by atoms with Crippen molar-refractivity contribution >= 4 is 23.4 Å². The molecule has 1 amide bonds. The molecule has 0 spiro atoms. The van der Waals surface area contributed by atoms with E-state index in [2.05, 4.69) is 25.6 Å². The number of carbonyl (C=O) groups excluding carboxylic acids is 2. The van der Waals surface area contributed by atoms with Crippen molar-refractivity contribution in [2.24, 2.45) is 0 Å². The summed E-state index contributed by atoms with van der Waals surface area (Å²) in [7, 11) is 0. The molecule has 4 aromatic rings. The van der Waals surface area contributed by atoms with Gasteiger partial charge in [0, 0.05) is 48.7 Å². The molecule has 0 bridgehead atoms. The normalized spacial score (nSPS) is 10.6. The predicted octanol–water partition coefficient (Wildman–Crippen LogP) is 4.45. The Morgan fingerprint density at radius 2 is 1.76 bits per heavy atom. The van der Waals surface area contributed by atoms with Crippen LogP contribution < -0.4 is 16.4 Å². The minimum atomic E-state index is -0.455. The second kappa shape index (κ2) is 13.0. The summed E-state index contributed by atoms with van der Waals surface area (Å²) < 4.78 is 5.23. The molecule has 0 fully saturated rings. The molecule has 38 heavy (non-hydrogen) atoms. The molecule has 0 saturated heterocycles. The predicted molar refractivity (Wildman–Crippen MR) is 147 cm³/mol. The van der Waals surface area contributed by atoms with Crippen LogP contribution in [0.4, 0.5) is 16.3 Å². The Balaban J connectivity index is 1.34. The van der Waals surface area contributed by atoms with E-state index in [0.29, 0.717) is 18.7 Å². The first-order valence-corrected chi connectivity index (χ1v) is 12.4. The maximum Gasteiger partial charge on any atom is 0.407 e. The minimum Gasteiger partial charge on any atom is -0.445 e. The second-order valence-corrected chi connectivity index (χ2v) is 8.59. The zero-order chi connectivity index (χ0) is 26.7. The fourth-order valence-electron chi connectivity index (χ4n) is 3.86. The molecule has 4 N–H and O–H groups in total. The number of pyridine rings is 1. The van der Waals surface area contributed by atoms with Gasteiger partial charge < -0.3 is 21.1 Å². The molecule has 0 aliphatic carbocycles. The summed E-state index contributed by atoms with van der Waals surface area (Å²) in [6.45, 7) is 3.39. The molecule has 0 aliphatic heterocycles. The van der Waals surface area contributed by atoms with Gasteiger partial charge in [-0.1, -0.05) is 54.6 Å². The van der Waals surface area contributed by atoms with E-state index in [1.54, 1.807) is 18.6 Å². The van der Waals surface area contributed by atoms with Gasteiger partial charge in [0.2, 0.25) is 0 Å². The largest absolute Gasteiger partial charge is 0.445 e. The molecule has 0 atom stereocenters. The van der Waals surface area contributed by atoms with Crippen molar-refractivity contribution in [3.8, 4) is 11.3 Å². The number of hydrogen-bond acceptors (Lipinski definition) is 8. The summed E-state index contributed by atoms with van der Waals surface area (Å²) in [6, 6.07) is 19.1. The number of alkyl carbamates (subject to hydrolysis) is 1. The lowest BCUT2D eigenvalue weighted by molar-refractivity contribution is 0.0989. The zero-order valence-electron chi connectivity index (χ0n) is 21.2. The van der Waals surface area contributed by atoms with E-state index in [9.17, 15) is 9.59 Å². The van der Waals surface area contributed by atoms with Gasteiger partial charge in [-0.2, -0.15) is 0 Å². The number of carbonyl (C=O) groups is 2. The Morgan fingerprint density at radius 1 is 0.974 bits per heavy atom. The Morgan fingerprint density at radius 3 is 2.53 bits per heavy atom. The van der Waals surface area contributed by atoms with Gasteiger partial charge in [-0.25, -0.2) is 14.8 Å². The van der Waals surface area contributed by atoms with Crippen LogP contribution in [-0.2, 0) is 24.2 Å². The van der Waals surface area contributed by atoms with Crippen molar-refractivity contribution in [2.45, 2.75) is 26.4 Å². The van der Waals surface area contributed by atoms with Crippen LogP contribution in [0.3, 0.4) is 0 Å². The third kappa shape index (κ3) is 7.13. The standard InChI is InChI=1S/C29H30N6O3/c1-2-32-24-13-14-31-17-23(24)16-26(36)27-28(30)34-18-25(35-27)22-10-8-20(9-11-22)12-15-33-29(37)38-19-21-6-4-3-5-7-21/h3-11,13-14,17-18H,2,12,15-16,19H2,1H3,(H2,30,34)(H,31,32)(H,33,37). The lowest BCUT2D eigenvalue weighted by atomic mass is 10.1. The molecule has 0 aliphatic rings. The van der Waals surface area contributed by atoms with Gasteiger partial charge in [0.1, 0.15) is 12.3 Å². The molecule has 194 valence electrons. The summed E-state index contributed by atoms with van der Waals surface area (Å²) >= 11 is 0. The summed E-state index contributed by atoms with van der Waals surface area (Å²) in [4.78, 5) is 37.8. The van der Waals surface area contributed by atoms with Gasteiger partial charge in [-0.05, 0) is 30.5 Å². The van der Waals surface area contributed by atoms with Crippen molar-refractivity contribution in [2.75, 3.05) is 24.1 Å². The number of hydrogen-bond donors (Lipinski definition) is 3. The van der Waals surface area contributed by atoms with Crippen molar-refractivity contribution in [3.05, 3.63) is 102 Å². The smallest absolute Gasteiger partial charge is 0.407 e. The number of anilines is 2. The maximum atomic E-state index is 13.0. The van der Waals surface area contributed by atoms with Crippen LogP contribution in [0.15, 0.2) is 79.3 Å². The molecule has 0 radical (unpaired) electrons. The minimum absolute atomic E-state index is 0.0921. The Labute approximate surface area is 221 Å². The number of nitrogen functional groups attached to an aromatic ring is 1. The highest BCUT2D eigenvalue weighted by atomic mass is 16.5. The number of nitrogens with zero attached hydrogens (tertiary/aromatic N) is 3. The van der Waals surface area contributed by atoms with E-state index in [1.807, 2.05) is 67.6 Å². The molecular formula is C29H30N6O3. The van der Waals surface area contributed by atoms with E-state index in [0.717, 1.165) is 34.5 Å². The second-order valence-electron chi connectivity index (χ2n) is 8.59. The van der Waals surface area contributed by atoms with Crippen LogP contribution in [-0.4, -0.2) is 39.9 Å². The van der Waals surface area contributed by atoms with Crippen molar-refractivity contribution in [3.63, 3.8) is 0 Å². The molecular weight excluding hydrogens is 480 g/mol. The molecule has 9 nitrogen and oxygen atoms in total. The molecule has 2 aromatic heterocycles. The van der Waals surface area contributed by atoms with Crippen LogP contribution >= 0.6 is 0 Å². The number of nitrogens with two attached hydrogens (primary N) is 1. The zero-order valence-corrected chi connectivity index (χ0v) is 21.2. The highest BCUT2D eigenvalue weighted by Gasteiger charge is 2.17. The van der Waals surface area contributed by atoms with Crippen molar-refractivity contribution < 1.29 is 14.3 Å². The van der Waals surface area contributed by atoms with Crippen LogP contribution in [0.1, 0.15) is 34.1 Å². The van der Waals surface area contributed by atoms with Crippen LogP contribution in [0.5, 0.6) is 0 Å². The molecule has 9 heteroatoms. The van der Waals surface area contributed by atoms with Gasteiger partial charge in [-0.3, -0.25) is 9.78 Å².